The fourth-order valence-corrected chi connectivity index (χ4v) is 2.84. The molecule has 106 valence electrons. The van der Waals surface area contributed by atoms with Crippen LogP contribution >= 0.6 is 0 Å². The van der Waals surface area contributed by atoms with Crippen LogP contribution in [0.1, 0.15) is 44.2 Å². The van der Waals surface area contributed by atoms with E-state index in [1.54, 1.807) is 0 Å². The molecule has 0 heterocycles. The molecule has 1 aliphatic carbocycles. The van der Waals surface area contributed by atoms with Gasteiger partial charge in [-0.15, -0.1) is 0 Å². The molecule has 0 aliphatic heterocycles. The highest BCUT2D eigenvalue weighted by atomic mass is 19.1. The van der Waals surface area contributed by atoms with E-state index in [9.17, 15) is 13.9 Å². The second-order valence-corrected chi connectivity index (χ2v) is 5.63. The molecular formula is C15H21F2NO. The highest BCUT2D eigenvalue weighted by molar-refractivity contribution is 5.21. The molecule has 1 aromatic carbocycles. The maximum Gasteiger partial charge on any atom is 0.128 e. The van der Waals surface area contributed by atoms with Crippen LogP contribution in [0.25, 0.3) is 0 Å². The normalized spacial score (nSPS) is 19.6. The van der Waals surface area contributed by atoms with Crippen molar-refractivity contribution in [3.63, 3.8) is 0 Å². The summed E-state index contributed by atoms with van der Waals surface area (Å²) in [7, 11) is 0. The molecule has 0 amide bonds. The second kappa shape index (κ2) is 5.97. The van der Waals surface area contributed by atoms with E-state index in [2.05, 4.69) is 5.32 Å². The summed E-state index contributed by atoms with van der Waals surface area (Å²) in [6.07, 6.45) is 4.25. The largest absolute Gasteiger partial charge is 0.396 e. The molecule has 0 saturated heterocycles. The minimum atomic E-state index is -0.428. The Bertz CT molecular complexity index is 430. The Morgan fingerprint density at radius 2 is 2.00 bits per heavy atom. The van der Waals surface area contributed by atoms with Crippen LogP contribution in [0, 0.1) is 17.0 Å². The molecule has 2 rings (SSSR count). The van der Waals surface area contributed by atoms with Crippen molar-refractivity contribution in [1.82, 2.24) is 5.32 Å². The molecular weight excluding hydrogens is 248 g/mol. The number of hydrogen-bond donors (Lipinski definition) is 2. The molecule has 1 aromatic rings. The highest BCUT2D eigenvalue weighted by Gasteiger charge is 2.33. The third-order valence-corrected chi connectivity index (χ3v) is 4.21. The Morgan fingerprint density at radius 1 is 1.32 bits per heavy atom. The average molecular weight is 269 g/mol. The van der Waals surface area contributed by atoms with Gasteiger partial charge in [0, 0.05) is 30.2 Å². The Kier molecular flexibility index (Phi) is 4.53. The first-order valence-electron chi connectivity index (χ1n) is 6.85. The van der Waals surface area contributed by atoms with Crippen molar-refractivity contribution in [2.45, 2.75) is 38.6 Å². The van der Waals surface area contributed by atoms with Crippen LogP contribution < -0.4 is 5.32 Å². The Morgan fingerprint density at radius 3 is 2.63 bits per heavy atom. The summed E-state index contributed by atoms with van der Waals surface area (Å²) in [5, 5.41) is 12.8. The SMILES string of the molecule is CC(NCC1(CO)CCCC1)c1cc(F)ccc1F. The molecule has 1 aliphatic rings. The summed E-state index contributed by atoms with van der Waals surface area (Å²) in [6.45, 7) is 2.61. The molecule has 0 bridgehead atoms. The van der Waals surface area contributed by atoms with Crippen LogP contribution in [-0.2, 0) is 0 Å². The summed E-state index contributed by atoms with van der Waals surface area (Å²) >= 11 is 0. The molecule has 1 atom stereocenters. The lowest BCUT2D eigenvalue weighted by Crippen LogP contribution is -2.36. The van der Waals surface area contributed by atoms with Crippen molar-refractivity contribution in [2.24, 2.45) is 5.41 Å². The van der Waals surface area contributed by atoms with Gasteiger partial charge in [-0.2, -0.15) is 0 Å². The van der Waals surface area contributed by atoms with Gasteiger partial charge in [-0.3, -0.25) is 0 Å². The molecule has 0 aromatic heterocycles. The molecule has 2 nitrogen and oxygen atoms in total. The lowest BCUT2D eigenvalue weighted by atomic mass is 9.87. The molecule has 1 saturated carbocycles. The minimum Gasteiger partial charge on any atom is -0.396 e. The van der Waals surface area contributed by atoms with E-state index in [0.717, 1.165) is 37.8 Å². The second-order valence-electron chi connectivity index (χ2n) is 5.63. The minimum absolute atomic E-state index is 0.0853. The van der Waals surface area contributed by atoms with Gasteiger partial charge in [-0.1, -0.05) is 12.8 Å². The Balaban J connectivity index is 2.00. The molecule has 1 unspecified atom stereocenters. The predicted octanol–water partition coefficient (Wildman–Crippen LogP) is 3.17. The molecule has 2 N–H and O–H groups in total. The van der Waals surface area contributed by atoms with Crippen molar-refractivity contribution in [3.05, 3.63) is 35.4 Å². The zero-order valence-corrected chi connectivity index (χ0v) is 11.3. The van der Waals surface area contributed by atoms with Gasteiger partial charge in [-0.25, -0.2) is 8.78 Å². The Hall–Kier alpha value is -1.00. The molecule has 0 spiro atoms. The maximum absolute atomic E-state index is 13.6. The summed E-state index contributed by atoms with van der Waals surface area (Å²) in [4.78, 5) is 0. The van der Waals surface area contributed by atoms with Gasteiger partial charge in [0.2, 0.25) is 0 Å². The van der Waals surface area contributed by atoms with E-state index in [1.165, 1.54) is 6.07 Å². The number of nitrogens with one attached hydrogen (secondary N) is 1. The van der Waals surface area contributed by atoms with Gasteiger partial charge >= 0.3 is 0 Å². The summed E-state index contributed by atoms with van der Waals surface area (Å²) < 4.78 is 26.8. The fraction of sp³-hybridized carbons (Fsp3) is 0.600. The predicted molar refractivity (Wildman–Crippen MR) is 70.8 cm³/mol. The zero-order chi connectivity index (χ0) is 13.9. The standard InChI is InChI=1S/C15H21F2NO/c1-11(13-8-12(16)4-5-14(13)17)18-9-15(10-19)6-2-3-7-15/h4-5,8,11,18-19H,2-3,6-7,9-10H2,1H3. The van der Waals surface area contributed by atoms with Crippen LogP contribution in [-0.4, -0.2) is 18.3 Å². The van der Waals surface area contributed by atoms with Gasteiger partial charge in [0.15, 0.2) is 0 Å². The van der Waals surface area contributed by atoms with Crippen molar-refractivity contribution in [3.8, 4) is 0 Å². The Labute approximate surface area is 112 Å². The molecule has 4 heteroatoms. The van der Waals surface area contributed by atoms with Gasteiger partial charge < -0.3 is 10.4 Å². The number of hydrogen-bond acceptors (Lipinski definition) is 2. The fourth-order valence-electron chi connectivity index (χ4n) is 2.84. The summed E-state index contributed by atoms with van der Waals surface area (Å²) in [5.41, 5.74) is 0.254. The summed E-state index contributed by atoms with van der Waals surface area (Å²) in [5.74, 6) is -0.825. The number of halogens is 2. The number of benzene rings is 1. The monoisotopic (exact) mass is 269 g/mol. The number of aliphatic hydroxyl groups is 1. The van der Waals surface area contributed by atoms with Crippen molar-refractivity contribution < 1.29 is 13.9 Å². The first kappa shape index (κ1) is 14.4. The van der Waals surface area contributed by atoms with Gasteiger partial charge in [0.25, 0.3) is 0 Å². The quantitative estimate of drug-likeness (QED) is 0.860. The van der Waals surface area contributed by atoms with E-state index in [4.69, 9.17) is 0 Å². The number of aliphatic hydroxyl groups excluding tert-OH is 1. The lowest BCUT2D eigenvalue weighted by Gasteiger charge is -2.29. The van der Waals surface area contributed by atoms with Crippen LogP contribution in [0.5, 0.6) is 0 Å². The third-order valence-electron chi connectivity index (χ3n) is 4.21. The van der Waals surface area contributed by atoms with Crippen molar-refractivity contribution in [2.75, 3.05) is 13.2 Å². The van der Waals surface area contributed by atoms with E-state index in [1.807, 2.05) is 6.92 Å². The third kappa shape index (κ3) is 3.31. The smallest absolute Gasteiger partial charge is 0.128 e. The first-order chi connectivity index (χ1) is 9.06. The van der Waals surface area contributed by atoms with Gasteiger partial charge in [0.1, 0.15) is 11.6 Å². The van der Waals surface area contributed by atoms with Crippen LogP contribution in [0.3, 0.4) is 0 Å². The first-order valence-corrected chi connectivity index (χ1v) is 6.85. The van der Waals surface area contributed by atoms with E-state index < -0.39 is 11.6 Å². The summed E-state index contributed by atoms with van der Waals surface area (Å²) in [6, 6.07) is 3.24. The van der Waals surface area contributed by atoms with Gasteiger partial charge in [0.05, 0.1) is 0 Å². The molecule has 19 heavy (non-hydrogen) atoms. The van der Waals surface area contributed by atoms with Crippen LogP contribution in [0.2, 0.25) is 0 Å². The average Bonchev–Trinajstić information content (AvgIpc) is 2.88. The van der Waals surface area contributed by atoms with E-state index in [0.29, 0.717) is 12.1 Å². The maximum atomic E-state index is 13.6. The molecule has 1 fully saturated rings. The van der Waals surface area contributed by atoms with E-state index in [-0.39, 0.29) is 18.1 Å². The van der Waals surface area contributed by atoms with Crippen molar-refractivity contribution in [1.29, 1.82) is 0 Å². The lowest BCUT2D eigenvalue weighted by molar-refractivity contribution is 0.125. The van der Waals surface area contributed by atoms with Crippen molar-refractivity contribution >= 4 is 0 Å². The van der Waals surface area contributed by atoms with E-state index >= 15 is 0 Å². The van der Waals surface area contributed by atoms with Crippen LogP contribution in [0.15, 0.2) is 18.2 Å². The number of rotatable bonds is 5. The molecule has 0 radical (unpaired) electrons. The highest BCUT2D eigenvalue weighted by Crippen LogP contribution is 2.37. The van der Waals surface area contributed by atoms with Crippen LogP contribution in [0.4, 0.5) is 8.78 Å². The topological polar surface area (TPSA) is 32.3 Å². The zero-order valence-electron chi connectivity index (χ0n) is 11.3. The van der Waals surface area contributed by atoms with Gasteiger partial charge in [-0.05, 0) is 38.0 Å².